The second kappa shape index (κ2) is 13.8. The number of hydrogen-bond acceptors (Lipinski definition) is 2. The normalized spacial score (nSPS) is 13.3. The highest BCUT2D eigenvalue weighted by molar-refractivity contribution is 6.12. The van der Waals surface area contributed by atoms with Crippen LogP contribution in [0.4, 0.5) is 0 Å². The first-order valence-electron chi connectivity index (χ1n) is 19.6. The predicted octanol–water partition coefficient (Wildman–Crippen LogP) is 14.3. The molecule has 0 amide bonds. The van der Waals surface area contributed by atoms with Gasteiger partial charge in [-0.25, -0.2) is 0 Å². The first-order chi connectivity index (χ1) is 27.9. The Kier molecular flexibility index (Phi) is 8.34. The third kappa shape index (κ3) is 6.07. The van der Waals surface area contributed by atoms with Crippen LogP contribution in [-0.4, -0.2) is 11.9 Å². The van der Waals surface area contributed by atoms with Gasteiger partial charge in [-0.3, -0.25) is 4.99 Å². The van der Waals surface area contributed by atoms with Gasteiger partial charge < -0.3 is 5.41 Å². The van der Waals surface area contributed by atoms with E-state index in [9.17, 15) is 0 Å². The van der Waals surface area contributed by atoms with Crippen LogP contribution in [0.2, 0.25) is 0 Å². The molecule has 0 spiro atoms. The molecule has 0 aliphatic heterocycles. The third-order valence-electron chi connectivity index (χ3n) is 11.8. The van der Waals surface area contributed by atoms with E-state index >= 15 is 0 Å². The molecule has 1 aliphatic rings. The second-order valence-electron chi connectivity index (χ2n) is 15.6. The van der Waals surface area contributed by atoms with E-state index in [4.69, 9.17) is 10.4 Å². The summed E-state index contributed by atoms with van der Waals surface area (Å²) in [6.45, 7) is 4.71. The second-order valence-corrected chi connectivity index (χ2v) is 15.6. The minimum Gasteiger partial charge on any atom is -0.300 e. The molecule has 0 saturated heterocycles. The molecule has 0 radical (unpaired) electrons. The van der Waals surface area contributed by atoms with E-state index in [2.05, 4.69) is 172 Å². The van der Waals surface area contributed by atoms with Crippen LogP contribution in [0.25, 0.3) is 71.4 Å². The average Bonchev–Trinajstić information content (AvgIpc) is 3.50. The lowest BCUT2D eigenvalue weighted by molar-refractivity contribution is 0.661. The molecule has 2 nitrogen and oxygen atoms in total. The van der Waals surface area contributed by atoms with E-state index in [0.717, 1.165) is 38.9 Å². The Hall–Kier alpha value is -7.16. The lowest BCUT2D eigenvalue weighted by Crippen LogP contribution is -2.15. The summed E-state index contributed by atoms with van der Waals surface area (Å²) >= 11 is 0. The zero-order valence-corrected chi connectivity index (χ0v) is 32.0. The van der Waals surface area contributed by atoms with E-state index < -0.39 is 0 Å². The van der Waals surface area contributed by atoms with Gasteiger partial charge in [0.05, 0.1) is 11.4 Å². The van der Waals surface area contributed by atoms with Gasteiger partial charge in [0.1, 0.15) is 0 Å². The molecule has 9 aromatic rings. The molecule has 9 aromatic carbocycles. The van der Waals surface area contributed by atoms with Crippen LogP contribution in [0.15, 0.2) is 199 Å². The summed E-state index contributed by atoms with van der Waals surface area (Å²) in [7, 11) is 0. The van der Waals surface area contributed by atoms with Crippen molar-refractivity contribution in [3.05, 3.63) is 222 Å². The van der Waals surface area contributed by atoms with Crippen molar-refractivity contribution in [2.24, 2.45) is 4.99 Å². The van der Waals surface area contributed by atoms with E-state index in [1.807, 2.05) is 42.6 Å². The maximum atomic E-state index is 9.07. The minimum absolute atomic E-state index is 0.116. The number of rotatable bonds is 7. The fourth-order valence-electron chi connectivity index (χ4n) is 8.76. The van der Waals surface area contributed by atoms with Crippen molar-refractivity contribution >= 4 is 49.9 Å². The van der Waals surface area contributed by atoms with Crippen LogP contribution in [-0.2, 0) is 5.41 Å². The zero-order valence-electron chi connectivity index (χ0n) is 32.0. The van der Waals surface area contributed by atoms with E-state index in [1.165, 1.54) is 60.3 Å². The summed E-state index contributed by atoms with van der Waals surface area (Å²) in [6, 6.07) is 66.8. The Morgan fingerprint density at radius 2 is 1.12 bits per heavy atom. The summed E-state index contributed by atoms with van der Waals surface area (Å²) in [5.74, 6) is 0. The lowest BCUT2D eigenvalue weighted by Gasteiger charge is -2.22. The molecule has 2 heteroatoms. The molecular formula is C55H40N2. The van der Waals surface area contributed by atoms with Crippen molar-refractivity contribution in [1.29, 1.82) is 5.41 Å². The molecule has 0 aromatic heterocycles. The molecule has 1 N–H and O–H groups in total. The number of hydrogen-bond donors (Lipinski definition) is 1. The van der Waals surface area contributed by atoms with Gasteiger partial charge in [0.15, 0.2) is 0 Å². The van der Waals surface area contributed by atoms with Gasteiger partial charge in [-0.1, -0.05) is 184 Å². The average molecular weight is 729 g/mol. The first-order valence-corrected chi connectivity index (χ1v) is 19.6. The zero-order chi connectivity index (χ0) is 38.5. The fourth-order valence-corrected chi connectivity index (χ4v) is 8.76. The SMILES string of the molecule is CC1(C)c2cc(-c3ccc(C=N/C(=C\C(=N)c4ccccc4)c4cccc(-c5ccc6ccccc6c5)c4)c4ccccc34)ccc2-c2c1ccc1ccccc21. The van der Waals surface area contributed by atoms with Crippen LogP contribution in [0, 0.1) is 5.41 Å². The van der Waals surface area contributed by atoms with Gasteiger partial charge >= 0.3 is 0 Å². The van der Waals surface area contributed by atoms with Gasteiger partial charge in [0, 0.05) is 22.8 Å². The summed E-state index contributed by atoms with van der Waals surface area (Å²) in [5.41, 5.74) is 13.9. The standard InChI is InChI=1S/C55H40N2/c1-55(2)50-30-27-37-14-8-9-21-47(37)54(50)49-29-25-42(33-51(49)55)46-28-26-44(45-20-10-11-22-48(45)46)35-57-53(34-52(56)38-15-4-3-5-16-38)43-19-12-18-40(32-43)41-24-23-36-13-6-7-17-39(36)31-41/h3-35,56H,1-2H3/b53-34-,56-52?,57-35?. The van der Waals surface area contributed by atoms with Crippen molar-refractivity contribution in [2.75, 3.05) is 0 Å². The molecule has 0 unspecified atom stereocenters. The van der Waals surface area contributed by atoms with E-state index in [-0.39, 0.29) is 5.41 Å². The molecule has 10 rings (SSSR count). The van der Waals surface area contributed by atoms with Gasteiger partial charge in [-0.2, -0.15) is 0 Å². The number of nitrogens with zero attached hydrogens (tertiary/aromatic N) is 1. The monoisotopic (exact) mass is 728 g/mol. The summed E-state index contributed by atoms with van der Waals surface area (Å²) in [6.07, 6.45) is 3.85. The van der Waals surface area contributed by atoms with Gasteiger partial charge in [-0.15, -0.1) is 0 Å². The molecule has 0 fully saturated rings. The molecular weight excluding hydrogens is 689 g/mol. The van der Waals surface area contributed by atoms with Crippen molar-refractivity contribution in [3.63, 3.8) is 0 Å². The minimum atomic E-state index is -0.116. The van der Waals surface area contributed by atoms with E-state index in [1.54, 1.807) is 0 Å². The van der Waals surface area contributed by atoms with Crippen molar-refractivity contribution in [3.8, 4) is 33.4 Å². The van der Waals surface area contributed by atoms with Crippen molar-refractivity contribution in [1.82, 2.24) is 0 Å². The number of benzene rings is 9. The Morgan fingerprint density at radius 1 is 0.474 bits per heavy atom. The van der Waals surface area contributed by atoms with Crippen LogP contribution < -0.4 is 0 Å². The molecule has 0 bridgehead atoms. The fraction of sp³-hybridized carbons (Fsp3) is 0.0545. The van der Waals surface area contributed by atoms with E-state index in [0.29, 0.717) is 5.71 Å². The molecule has 1 aliphatic carbocycles. The number of allylic oxidation sites excluding steroid dienone is 1. The summed E-state index contributed by atoms with van der Waals surface area (Å²) in [5, 5.41) is 16.4. The largest absolute Gasteiger partial charge is 0.300 e. The Morgan fingerprint density at radius 3 is 1.96 bits per heavy atom. The number of nitrogens with one attached hydrogen (secondary N) is 1. The van der Waals surface area contributed by atoms with Gasteiger partial charge in [-0.05, 0) is 107 Å². The smallest absolute Gasteiger partial charge is 0.0723 e. The maximum absolute atomic E-state index is 9.07. The topological polar surface area (TPSA) is 36.2 Å². The highest BCUT2D eigenvalue weighted by atomic mass is 14.7. The highest BCUT2D eigenvalue weighted by Gasteiger charge is 2.36. The van der Waals surface area contributed by atoms with Crippen molar-refractivity contribution < 1.29 is 0 Å². The molecule has 57 heavy (non-hydrogen) atoms. The highest BCUT2D eigenvalue weighted by Crippen LogP contribution is 2.52. The first kappa shape index (κ1) is 34.3. The predicted molar refractivity (Wildman–Crippen MR) is 243 cm³/mol. The van der Waals surface area contributed by atoms with Gasteiger partial charge in [0.2, 0.25) is 0 Å². The Labute approximate surface area is 333 Å². The summed E-state index contributed by atoms with van der Waals surface area (Å²) < 4.78 is 0. The van der Waals surface area contributed by atoms with Crippen LogP contribution in [0.1, 0.15) is 41.7 Å². The maximum Gasteiger partial charge on any atom is 0.0723 e. The lowest BCUT2D eigenvalue weighted by atomic mass is 9.81. The molecule has 270 valence electrons. The quantitative estimate of drug-likeness (QED) is 0.159. The third-order valence-corrected chi connectivity index (χ3v) is 11.8. The van der Waals surface area contributed by atoms with Crippen LogP contribution in [0.5, 0.6) is 0 Å². The van der Waals surface area contributed by atoms with Crippen LogP contribution in [0.3, 0.4) is 0 Å². The molecule has 0 saturated carbocycles. The summed E-state index contributed by atoms with van der Waals surface area (Å²) in [4.78, 5) is 5.18. The molecule has 0 atom stereocenters. The Balaban J connectivity index is 1.05. The van der Waals surface area contributed by atoms with Crippen LogP contribution >= 0.6 is 0 Å². The number of aliphatic imine (C=N–C) groups is 1. The van der Waals surface area contributed by atoms with Gasteiger partial charge in [0.25, 0.3) is 0 Å². The Bertz CT molecular complexity index is 3110. The molecule has 0 heterocycles. The number of fused-ring (bicyclic) bond motifs is 7. The van der Waals surface area contributed by atoms with Crippen molar-refractivity contribution in [2.45, 2.75) is 19.3 Å².